The highest BCUT2D eigenvalue weighted by molar-refractivity contribution is 5.69. The van der Waals surface area contributed by atoms with Gasteiger partial charge in [0.15, 0.2) is 11.2 Å². The van der Waals surface area contributed by atoms with Crippen LogP contribution in [0.3, 0.4) is 0 Å². The topological polar surface area (TPSA) is 91.3 Å². The van der Waals surface area contributed by atoms with Gasteiger partial charge in [-0.25, -0.2) is 9.78 Å². The lowest BCUT2D eigenvalue weighted by molar-refractivity contribution is 0.0930. The van der Waals surface area contributed by atoms with Crippen molar-refractivity contribution in [2.75, 3.05) is 6.61 Å². The van der Waals surface area contributed by atoms with Gasteiger partial charge < -0.3 is 14.4 Å². The van der Waals surface area contributed by atoms with Crippen molar-refractivity contribution in [1.29, 1.82) is 0 Å². The maximum atomic E-state index is 12.4. The Labute approximate surface area is 149 Å². The number of fused-ring (bicyclic) bond motifs is 1. The minimum absolute atomic E-state index is 0.0790. The highest BCUT2D eigenvalue weighted by Gasteiger charge is 2.16. The Balaban J connectivity index is 1.81. The highest BCUT2D eigenvalue weighted by Crippen LogP contribution is 2.19. The van der Waals surface area contributed by atoms with Crippen molar-refractivity contribution in [2.45, 2.75) is 26.5 Å². The van der Waals surface area contributed by atoms with E-state index < -0.39 is 17.4 Å². The van der Waals surface area contributed by atoms with Crippen LogP contribution in [0.2, 0.25) is 0 Å². The minimum Gasteiger partial charge on any atom is -0.491 e. The van der Waals surface area contributed by atoms with Gasteiger partial charge in [-0.05, 0) is 25.5 Å². The van der Waals surface area contributed by atoms with Crippen molar-refractivity contribution in [3.63, 3.8) is 0 Å². The van der Waals surface area contributed by atoms with Crippen LogP contribution in [-0.2, 0) is 20.6 Å². The monoisotopic (exact) mass is 358 g/mol. The van der Waals surface area contributed by atoms with Crippen molar-refractivity contribution in [2.24, 2.45) is 14.1 Å². The molecule has 1 atom stereocenters. The van der Waals surface area contributed by atoms with Gasteiger partial charge in [0.05, 0.1) is 12.9 Å². The summed E-state index contributed by atoms with van der Waals surface area (Å²) in [5, 5.41) is 10.3. The summed E-state index contributed by atoms with van der Waals surface area (Å²) in [4.78, 5) is 28.5. The minimum atomic E-state index is -0.838. The van der Waals surface area contributed by atoms with Crippen molar-refractivity contribution in [3.8, 4) is 5.75 Å². The number of aliphatic hydroxyl groups excluding tert-OH is 1. The molecule has 3 aromatic rings. The standard InChI is InChI=1S/C18H22N4O4/c1-11-5-6-14(12(2)7-11)26-9-13(23)8-22-10-19-16-15(22)17(24)21(4)18(25)20(16)3/h5-7,10,13,23H,8-9H2,1-4H3/t13-/m1/s1. The molecule has 0 aliphatic rings. The Hall–Kier alpha value is -2.87. The quantitative estimate of drug-likeness (QED) is 0.717. The summed E-state index contributed by atoms with van der Waals surface area (Å²) >= 11 is 0. The number of ether oxygens (including phenoxy) is 1. The number of aromatic nitrogens is 4. The summed E-state index contributed by atoms with van der Waals surface area (Å²) in [5.74, 6) is 0.712. The van der Waals surface area contributed by atoms with E-state index in [1.54, 1.807) is 11.6 Å². The first-order chi connectivity index (χ1) is 12.3. The van der Waals surface area contributed by atoms with E-state index in [1.165, 1.54) is 17.9 Å². The molecule has 26 heavy (non-hydrogen) atoms. The van der Waals surface area contributed by atoms with Gasteiger partial charge in [-0.2, -0.15) is 0 Å². The average molecular weight is 358 g/mol. The maximum absolute atomic E-state index is 12.4. The molecule has 8 heteroatoms. The molecule has 2 aromatic heterocycles. The van der Waals surface area contributed by atoms with E-state index in [2.05, 4.69) is 4.98 Å². The Bertz CT molecular complexity index is 1080. The number of rotatable bonds is 5. The van der Waals surface area contributed by atoms with Crippen LogP contribution < -0.4 is 16.0 Å². The lowest BCUT2D eigenvalue weighted by Gasteiger charge is -2.15. The van der Waals surface area contributed by atoms with Crippen molar-refractivity contribution in [3.05, 3.63) is 56.5 Å². The van der Waals surface area contributed by atoms with E-state index >= 15 is 0 Å². The average Bonchev–Trinajstić information content (AvgIpc) is 3.01. The Kier molecular flexibility index (Phi) is 4.69. The molecule has 0 saturated heterocycles. The van der Waals surface area contributed by atoms with Gasteiger partial charge in [-0.15, -0.1) is 0 Å². The molecule has 0 bridgehead atoms. The van der Waals surface area contributed by atoms with E-state index in [0.29, 0.717) is 11.4 Å². The molecule has 0 fully saturated rings. The lowest BCUT2D eigenvalue weighted by Crippen LogP contribution is -2.38. The van der Waals surface area contributed by atoms with E-state index in [4.69, 9.17) is 4.74 Å². The smallest absolute Gasteiger partial charge is 0.332 e. The van der Waals surface area contributed by atoms with Crippen LogP contribution in [0.15, 0.2) is 34.1 Å². The maximum Gasteiger partial charge on any atom is 0.332 e. The van der Waals surface area contributed by atoms with Crippen LogP contribution in [0.25, 0.3) is 11.2 Å². The van der Waals surface area contributed by atoms with E-state index in [9.17, 15) is 14.7 Å². The summed E-state index contributed by atoms with van der Waals surface area (Å²) in [6.07, 6.45) is 0.612. The summed E-state index contributed by atoms with van der Waals surface area (Å²) in [6, 6.07) is 5.83. The molecule has 1 N–H and O–H groups in total. The van der Waals surface area contributed by atoms with Gasteiger partial charge in [0, 0.05) is 14.1 Å². The van der Waals surface area contributed by atoms with Crippen LogP contribution in [0, 0.1) is 13.8 Å². The Morgan fingerprint density at radius 1 is 1.19 bits per heavy atom. The normalized spacial score (nSPS) is 12.5. The molecule has 0 aliphatic carbocycles. The summed E-state index contributed by atoms with van der Waals surface area (Å²) in [6.45, 7) is 4.16. The van der Waals surface area contributed by atoms with Gasteiger partial charge in [0.1, 0.15) is 18.5 Å². The first-order valence-electron chi connectivity index (χ1n) is 8.28. The molecule has 0 spiro atoms. The molecule has 3 rings (SSSR count). The third-order valence-electron chi connectivity index (χ3n) is 4.39. The van der Waals surface area contributed by atoms with Crippen LogP contribution in [0.1, 0.15) is 11.1 Å². The number of aryl methyl sites for hydroxylation is 3. The number of nitrogens with zero attached hydrogens (tertiary/aromatic N) is 4. The van der Waals surface area contributed by atoms with E-state index in [-0.39, 0.29) is 18.7 Å². The fraction of sp³-hybridized carbons (Fsp3) is 0.389. The largest absolute Gasteiger partial charge is 0.491 e. The molecule has 0 amide bonds. The predicted octanol–water partition coefficient (Wildman–Crippen LogP) is 0.490. The zero-order valence-corrected chi connectivity index (χ0v) is 15.3. The fourth-order valence-electron chi connectivity index (χ4n) is 2.96. The first-order valence-corrected chi connectivity index (χ1v) is 8.28. The van der Waals surface area contributed by atoms with Crippen LogP contribution in [-0.4, -0.2) is 36.5 Å². The molecule has 0 aliphatic heterocycles. The molecule has 0 radical (unpaired) electrons. The number of benzene rings is 1. The fourth-order valence-corrected chi connectivity index (χ4v) is 2.96. The van der Waals surface area contributed by atoms with Gasteiger partial charge in [-0.1, -0.05) is 17.7 Å². The third kappa shape index (κ3) is 3.15. The predicted molar refractivity (Wildman–Crippen MR) is 97.6 cm³/mol. The van der Waals surface area contributed by atoms with E-state index in [1.807, 2.05) is 32.0 Å². The Morgan fingerprint density at radius 3 is 2.62 bits per heavy atom. The molecule has 0 saturated carbocycles. The van der Waals surface area contributed by atoms with E-state index in [0.717, 1.165) is 15.7 Å². The summed E-state index contributed by atoms with van der Waals surface area (Å²) in [5.41, 5.74) is 1.83. The second kappa shape index (κ2) is 6.80. The number of hydrogen-bond acceptors (Lipinski definition) is 5. The summed E-state index contributed by atoms with van der Waals surface area (Å²) < 4.78 is 9.58. The SMILES string of the molecule is Cc1ccc(OC[C@H](O)Cn2cnc3c2c(=O)n(C)c(=O)n3C)c(C)c1. The van der Waals surface area contributed by atoms with Gasteiger partial charge in [0.25, 0.3) is 5.56 Å². The number of aliphatic hydroxyl groups is 1. The molecular formula is C18H22N4O4. The lowest BCUT2D eigenvalue weighted by atomic mass is 10.1. The Morgan fingerprint density at radius 2 is 1.92 bits per heavy atom. The molecule has 1 aromatic carbocycles. The second-order valence-electron chi connectivity index (χ2n) is 6.51. The van der Waals surface area contributed by atoms with Crippen molar-refractivity contribution in [1.82, 2.24) is 18.7 Å². The third-order valence-corrected chi connectivity index (χ3v) is 4.39. The molecule has 138 valence electrons. The second-order valence-corrected chi connectivity index (χ2v) is 6.51. The van der Waals surface area contributed by atoms with Gasteiger partial charge in [-0.3, -0.25) is 13.9 Å². The van der Waals surface area contributed by atoms with Crippen molar-refractivity contribution >= 4 is 11.2 Å². The zero-order valence-electron chi connectivity index (χ0n) is 15.3. The van der Waals surface area contributed by atoms with Gasteiger partial charge in [0.2, 0.25) is 0 Å². The summed E-state index contributed by atoms with van der Waals surface area (Å²) in [7, 11) is 2.97. The number of imidazole rings is 1. The van der Waals surface area contributed by atoms with Gasteiger partial charge >= 0.3 is 5.69 Å². The molecule has 0 unspecified atom stereocenters. The molecule has 8 nitrogen and oxygen atoms in total. The van der Waals surface area contributed by atoms with Crippen LogP contribution >= 0.6 is 0 Å². The van der Waals surface area contributed by atoms with Crippen molar-refractivity contribution < 1.29 is 9.84 Å². The highest BCUT2D eigenvalue weighted by atomic mass is 16.5. The first kappa shape index (κ1) is 17.9. The molecule has 2 heterocycles. The zero-order chi connectivity index (χ0) is 19.0. The molecular weight excluding hydrogens is 336 g/mol. The van der Waals surface area contributed by atoms with Crippen LogP contribution in [0.4, 0.5) is 0 Å². The number of hydrogen-bond donors (Lipinski definition) is 1. The van der Waals surface area contributed by atoms with Crippen LogP contribution in [0.5, 0.6) is 5.75 Å².